The summed E-state index contributed by atoms with van der Waals surface area (Å²) in [6.45, 7) is -2.00. The molecule has 0 amide bonds. The van der Waals surface area contributed by atoms with E-state index in [9.17, 15) is 77.8 Å². The molecule has 4 rings (SSSR count). The SMILES string of the molecule is O=S(=O)([O-])CCNc1nc(NCCS(=O)(=O)[O-])nc(Nc2ccc(C=Cc3ccc(Nc4nc(NCCS(=O)(=O)[O-])nc(NCCS(=O)(=O)[O-])n4)cc3S(=O)(=O)[O-])c(S(=O)(=O)[O-])c2)n1.[Na+].[Na+].[Na+].[Na+].[Na+].[Na+]. The predicted octanol–water partition coefficient (Wildman–Crippen LogP) is -20.6. The Kier molecular flexibility index (Phi) is 34.4. The minimum atomic E-state index is -5.34. The fourth-order valence-corrected chi connectivity index (χ4v) is 7.50. The number of hydrogen-bond donors (Lipinski definition) is 6. The zero-order chi connectivity index (χ0) is 47.7. The molecule has 6 N–H and O–H groups in total. The maximum absolute atomic E-state index is 12.4. The van der Waals surface area contributed by atoms with Gasteiger partial charge in [-0.3, -0.25) is 0 Å². The smallest absolute Gasteiger partial charge is 0.748 e. The molecule has 0 fully saturated rings. The van der Waals surface area contributed by atoms with Gasteiger partial charge in [-0.05, 0) is 35.4 Å². The summed E-state index contributed by atoms with van der Waals surface area (Å²) in [6, 6.07) is 6.12. The molecule has 2 aromatic heterocycles. The van der Waals surface area contributed by atoms with Crippen LogP contribution in [0, 0.1) is 0 Å². The van der Waals surface area contributed by atoms with E-state index in [4.69, 9.17) is 0 Å². The van der Waals surface area contributed by atoms with E-state index < -0.39 is 132 Å². The van der Waals surface area contributed by atoms with Crippen LogP contribution in [0.3, 0.4) is 0 Å². The molecule has 0 atom stereocenters. The third kappa shape index (κ3) is 29.1. The normalized spacial score (nSPS) is 11.7. The van der Waals surface area contributed by atoms with Crippen LogP contribution in [0.25, 0.3) is 12.2 Å². The maximum Gasteiger partial charge on any atom is 1.00 e. The predicted molar refractivity (Wildman–Crippen MR) is 216 cm³/mol. The second kappa shape index (κ2) is 32.3. The summed E-state index contributed by atoms with van der Waals surface area (Å²) in [5, 5.41) is 14.8. The second-order valence-corrected chi connectivity index (χ2v) is 21.2. The van der Waals surface area contributed by atoms with Gasteiger partial charge in [0.05, 0.1) is 73.3 Å². The van der Waals surface area contributed by atoms with Gasteiger partial charge in [-0.1, -0.05) is 24.3 Å². The van der Waals surface area contributed by atoms with Crippen molar-refractivity contribution in [2.45, 2.75) is 9.79 Å². The molecule has 70 heavy (non-hydrogen) atoms. The Balaban J connectivity index is -0.00000748. The number of aromatic nitrogens is 6. The quantitative estimate of drug-likeness (QED) is 0.0215. The van der Waals surface area contributed by atoms with Gasteiger partial charge in [-0.2, -0.15) is 29.9 Å². The molecule has 30 nitrogen and oxygen atoms in total. The number of hydrogen-bond acceptors (Lipinski definition) is 30. The van der Waals surface area contributed by atoms with Crippen molar-refractivity contribution in [1.82, 2.24) is 29.9 Å². The fraction of sp³-hybridized carbons (Fsp3) is 0.286. The van der Waals surface area contributed by atoms with Gasteiger partial charge < -0.3 is 59.2 Å². The number of anilines is 8. The Bertz CT molecular complexity index is 2800. The van der Waals surface area contributed by atoms with E-state index >= 15 is 0 Å². The van der Waals surface area contributed by atoms with Gasteiger partial charge >= 0.3 is 177 Å². The molecule has 0 aliphatic rings. The van der Waals surface area contributed by atoms with Crippen LogP contribution in [-0.2, 0) is 60.7 Å². The topological polar surface area (TPSA) is 493 Å². The summed E-state index contributed by atoms with van der Waals surface area (Å²) in [4.78, 5) is 21.7. The van der Waals surface area contributed by atoms with Crippen molar-refractivity contribution in [2.75, 3.05) is 81.1 Å². The summed E-state index contributed by atoms with van der Waals surface area (Å²) in [5.74, 6) is -6.02. The summed E-state index contributed by atoms with van der Waals surface area (Å²) >= 11 is 0. The summed E-state index contributed by atoms with van der Waals surface area (Å²) < 4.78 is 206. The molecule has 0 radical (unpaired) electrons. The van der Waals surface area contributed by atoms with E-state index in [1.165, 1.54) is 12.1 Å². The van der Waals surface area contributed by atoms with Crippen molar-refractivity contribution in [2.24, 2.45) is 0 Å². The molecular weight excluding hydrogens is 1120 g/mol. The molecular formula is C28H30N12Na6O18S6. The van der Waals surface area contributed by atoms with E-state index in [0.717, 1.165) is 36.4 Å². The van der Waals surface area contributed by atoms with E-state index in [-0.39, 0.29) is 224 Å². The van der Waals surface area contributed by atoms with Crippen LogP contribution >= 0.6 is 0 Å². The van der Waals surface area contributed by atoms with Crippen LogP contribution in [0.1, 0.15) is 11.1 Å². The van der Waals surface area contributed by atoms with Crippen molar-refractivity contribution in [3.8, 4) is 0 Å². The molecule has 2 heterocycles. The van der Waals surface area contributed by atoms with Crippen LogP contribution < -0.4 is 209 Å². The Labute approximate surface area is 534 Å². The largest absolute Gasteiger partial charge is 1.00 e. The van der Waals surface area contributed by atoms with Crippen molar-refractivity contribution >= 4 is 120 Å². The van der Waals surface area contributed by atoms with Crippen molar-refractivity contribution < 1.29 is 255 Å². The van der Waals surface area contributed by atoms with Gasteiger partial charge in [0, 0.05) is 37.6 Å². The summed E-state index contributed by atoms with van der Waals surface area (Å²) in [6.07, 6.45) is 1.94. The first kappa shape index (κ1) is 74.7. The Morgan fingerprint density at radius 3 is 0.814 bits per heavy atom. The van der Waals surface area contributed by atoms with Gasteiger partial charge in [-0.25, -0.2) is 50.5 Å². The standard InChI is InChI=1S/C28H36N12O18S6.6Na/c41-59(42,43)11-7-29-23-35-24(30-8-12-60(44,45)46)38-27(37-23)33-19-5-3-17(21(15-19)63(53,54)55)1-2-18-4-6-20(16-22(18)64(56,57)58)34-28-39-25(31-9-13-61(47,48)49)36-26(40-28)32-10-14-62(50,51)52;;;;;;/h1-6,15-16H,7-14H2,(H,41,42,43)(H,44,45,46)(H,47,48,49)(H,50,51,52)(H,53,54,55)(H,56,57,58)(H3,29,30,33,35,37,38)(H3,31,32,34,36,39,40);;;;;;/q;6*+1/p-6. The molecule has 352 valence electrons. The summed E-state index contributed by atoms with van der Waals surface area (Å²) in [5.41, 5.74) is -1.04. The molecule has 0 aliphatic carbocycles. The minimum Gasteiger partial charge on any atom is -0.748 e. The Morgan fingerprint density at radius 1 is 0.371 bits per heavy atom. The third-order valence-electron chi connectivity index (χ3n) is 7.33. The van der Waals surface area contributed by atoms with Crippen molar-refractivity contribution in [3.05, 3.63) is 47.5 Å². The monoisotopic (exact) mass is 1150 g/mol. The Hall–Kier alpha value is 0.460. The van der Waals surface area contributed by atoms with E-state index in [1.807, 2.05) is 0 Å². The second-order valence-electron chi connectivity index (χ2n) is 12.4. The van der Waals surface area contributed by atoms with Crippen LogP contribution in [0.5, 0.6) is 0 Å². The molecule has 2 aromatic carbocycles. The minimum absolute atomic E-state index is 0. The van der Waals surface area contributed by atoms with Crippen LogP contribution in [0.4, 0.5) is 47.1 Å². The average molecular weight is 1150 g/mol. The van der Waals surface area contributed by atoms with E-state index in [0.29, 0.717) is 0 Å². The Morgan fingerprint density at radius 2 is 0.600 bits per heavy atom. The van der Waals surface area contributed by atoms with E-state index in [1.54, 1.807) is 0 Å². The average Bonchev–Trinajstić information content (AvgIpc) is 3.11. The van der Waals surface area contributed by atoms with Gasteiger partial charge in [-0.15, -0.1) is 0 Å². The first-order chi connectivity index (χ1) is 29.4. The number of rotatable bonds is 24. The molecule has 0 spiro atoms. The van der Waals surface area contributed by atoms with E-state index in [2.05, 4.69) is 61.8 Å². The molecule has 0 saturated heterocycles. The summed E-state index contributed by atoms with van der Waals surface area (Å²) in [7, 11) is -29.4. The van der Waals surface area contributed by atoms with Gasteiger partial charge in [0.25, 0.3) is 0 Å². The fourth-order valence-electron chi connectivity index (χ4n) is 4.70. The van der Waals surface area contributed by atoms with Crippen LogP contribution in [0.15, 0.2) is 46.2 Å². The first-order valence-electron chi connectivity index (χ1n) is 17.0. The number of nitrogens with one attached hydrogen (secondary N) is 6. The molecule has 42 heteroatoms. The zero-order valence-electron chi connectivity index (χ0n) is 37.8. The molecule has 0 saturated carbocycles. The zero-order valence-corrected chi connectivity index (χ0v) is 54.7. The third-order valence-corrected chi connectivity index (χ3v) is 11.9. The molecule has 0 unspecified atom stereocenters. The van der Waals surface area contributed by atoms with Crippen LogP contribution in [-0.4, -0.2) is 157 Å². The van der Waals surface area contributed by atoms with Gasteiger partial charge in [0.15, 0.2) is 0 Å². The first-order valence-corrected chi connectivity index (χ1v) is 26.2. The number of benzene rings is 2. The molecule has 4 aromatic rings. The van der Waals surface area contributed by atoms with Gasteiger partial charge in [0.2, 0.25) is 35.7 Å². The molecule has 0 bridgehead atoms. The molecule has 0 aliphatic heterocycles. The number of nitrogens with zero attached hydrogens (tertiary/aromatic N) is 6. The van der Waals surface area contributed by atoms with Crippen molar-refractivity contribution in [1.29, 1.82) is 0 Å². The van der Waals surface area contributed by atoms with Gasteiger partial charge in [0.1, 0.15) is 20.2 Å². The van der Waals surface area contributed by atoms with Crippen molar-refractivity contribution in [3.63, 3.8) is 0 Å². The maximum atomic E-state index is 12.4. The van der Waals surface area contributed by atoms with Crippen LogP contribution in [0.2, 0.25) is 0 Å².